The Bertz CT molecular complexity index is 191. The van der Waals surface area contributed by atoms with Crippen LogP contribution in [0, 0.1) is 5.92 Å². The van der Waals surface area contributed by atoms with E-state index in [9.17, 15) is 4.79 Å². The highest BCUT2D eigenvalue weighted by atomic mass is 16.5. The molecule has 0 unspecified atom stereocenters. The topological polar surface area (TPSA) is 50.4 Å². The van der Waals surface area contributed by atoms with E-state index in [-0.39, 0.29) is 11.8 Å². The van der Waals surface area contributed by atoms with Crippen LogP contribution in [0.4, 0.5) is 0 Å². The lowest BCUT2D eigenvalue weighted by Crippen LogP contribution is -2.40. The molecule has 1 heterocycles. The minimum absolute atomic E-state index is 0.188. The first-order valence-electron chi connectivity index (χ1n) is 6.32. The molecule has 2 N–H and O–H groups in total. The number of unbranched alkanes of at least 4 members (excludes halogenated alkanes) is 2. The SMILES string of the molecule is COCCCCCNC(=O)[C@H]1CCCNC1. The van der Waals surface area contributed by atoms with Gasteiger partial charge in [0.05, 0.1) is 5.92 Å². The van der Waals surface area contributed by atoms with Gasteiger partial charge in [-0.1, -0.05) is 0 Å². The third kappa shape index (κ3) is 5.47. The van der Waals surface area contributed by atoms with E-state index in [1.807, 2.05) is 0 Å². The number of hydrogen-bond donors (Lipinski definition) is 2. The number of carbonyl (C=O) groups is 1. The highest BCUT2D eigenvalue weighted by molar-refractivity contribution is 5.78. The fraction of sp³-hybridized carbons (Fsp3) is 0.917. The number of amides is 1. The van der Waals surface area contributed by atoms with Crippen molar-refractivity contribution in [2.75, 3.05) is 33.4 Å². The van der Waals surface area contributed by atoms with E-state index in [1.165, 1.54) is 0 Å². The summed E-state index contributed by atoms with van der Waals surface area (Å²) in [6.07, 6.45) is 5.40. The molecule has 0 aromatic carbocycles. The van der Waals surface area contributed by atoms with Crippen LogP contribution in [0.15, 0.2) is 0 Å². The molecule has 1 saturated heterocycles. The highest BCUT2D eigenvalue weighted by Gasteiger charge is 2.19. The number of carbonyl (C=O) groups excluding carboxylic acids is 1. The molecule has 1 amide bonds. The van der Waals surface area contributed by atoms with Gasteiger partial charge in [0.2, 0.25) is 5.91 Å². The van der Waals surface area contributed by atoms with Gasteiger partial charge in [0, 0.05) is 26.8 Å². The molecule has 0 aromatic rings. The minimum Gasteiger partial charge on any atom is -0.385 e. The van der Waals surface area contributed by atoms with Crippen molar-refractivity contribution in [2.24, 2.45) is 5.92 Å². The predicted octanol–water partition coefficient (Wildman–Crippen LogP) is 0.919. The highest BCUT2D eigenvalue weighted by Crippen LogP contribution is 2.09. The number of rotatable bonds is 7. The molecular formula is C12H24N2O2. The molecule has 1 rings (SSSR count). The smallest absolute Gasteiger partial charge is 0.224 e. The molecular weight excluding hydrogens is 204 g/mol. The van der Waals surface area contributed by atoms with E-state index >= 15 is 0 Å². The Balaban J connectivity index is 1.97. The summed E-state index contributed by atoms with van der Waals surface area (Å²) in [5, 5.41) is 6.27. The lowest BCUT2D eigenvalue weighted by molar-refractivity contribution is -0.125. The third-order valence-corrected chi connectivity index (χ3v) is 2.99. The Labute approximate surface area is 98.1 Å². The average molecular weight is 228 g/mol. The zero-order valence-corrected chi connectivity index (χ0v) is 10.3. The van der Waals surface area contributed by atoms with Crippen LogP contribution >= 0.6 is 0 Å². The van der Waals surface area contributed by atoms with Crippen molar-refractivity contribution in [3.8, 4) is 0 Å². The van der Waals surface area contributed by atoms with Crippen molar-refractivity contribution in [1.29, 1.82) is 0 Å². The largest absolute Gasteiger partial charge is 0.385 e. The Kier molecular flexibility index (Phi) is 7.17. The van der Waals surface area contributed by atoms with Gasteiger partial charge in [-0.2, -0.15) is 0 Å². The van der Waals surface area contributed by atoms with Crippen molar-refractivity contribution in [1.82, 2.24) is 10.6 Å². The first kappa shape index (κ1) is 13.5. The van der Waals surface area contributed by atoms with Crippen molar-refractivity contribution >= 4 is 5.91 Å². The maximum Gasteiger partial charge on any atom is 0.224 e. The Hall–Kier alpha value is -0.610. The third-order valence-electron chi connectivity index (χ3n) is 2.99. The van der Waals surface area contributed by atoms with Crippen LogP contribution in [0.2, 0.25) is 0 Å². The molecule has 4 heteroatoms. The molecule has 1 atom stereocenters. The second-order valence-corrected chi connectivity index (χ2v) is 4.39. The maximum absolute atomic E-state index is 11.7. The Morgan fingerprint density at radius 2 is 2.31 bits per heavy atom. The van der Waals surface area contributed by atoms with Crippen LogP contribution in [-0.4, -0.2) is 39.3 Å². The van der Waals surface area contributed by atoms with Crippen molar-refractivity contribution in [3.05, 3.63) is 0 Å². The Morgan fingerprint density at radius 1 is 1.44 bits per heavy atom. The normalized spacial score (nSPS) is 20.7. The second kappa shape index (κ2) is 8.53. The van der Waals surface area contributed by atoms with Crippen LogP contribution in [0.5, 0.6) is 0 Å². The molecule has 0 radical (unpaired) electrons. The molecule has 1 aliphatic heterocycles. The van der Waals surface area contributed by atoms with E-state index in [4.69, 9.17) is 4.74 Å². The first-order chi connectivity index (χ1) is 7.84. The molecule has 0 aromatic heterocycles. The number of hydrogen-bond acceptors (Lipinski definition) is 3. The lowest BCUT2D eigenvalue weighted by Gasteiger charge is -2.21. The summed E-state index contributed by atoms with van der Waals surface area (Å²) < 4.78 is 4.97. The summed E-state index contributed by atoms with van der Waals surface area (Å²) in [6, 6.07) is 0. The molecule has 1 aliphatic rings. The van der Waals surface area contributed by atoms with Crippen LogP contribution in [-0.2, 0) is 9.53 Å². The van der Waals surface area contributed by atoms with Gasteiger partial charge in [0.1, 0.15) is 0 Å². The van der Waals surface area contributed by atoms with Crippen molar-refractivity contribution in [3.63, 3.8) is 0 Å². The van der Waals surface area contributed by atoms with Crippen LogP contribution in [0.1, 0.15) is 32.1 Å². The Morgan fingerprint density at radius 3 is 3.00 bits per heavy atom. The van der Waals surface area contributed by atoms with Crippen molar-refractivity contribution in [2.45, 2.75) is 32.1 Å². The van der Waals surface area contributed by atoms with Gasteiger partial charge in [-0.3, -0.25) is 4.79 Å². The van der Waals surface area contributed by atoms with E-state index in [1.54, 1.807) is 7.11 Å². The predicted molar refractivity (Wildman–Crippen MR) is 64.3 cm³/mol. The van der Waals surface area contributed by atoms with Crippen molar-refractivity contribution < 1.29 is 9.53 Å². The fourth-order valence-corrected chi connectivity index (χ4v) is 1.98. The number of nitrogens with one attached hydrogen (secondary N) is 2. The standard InChI is InChI=1S/C12H24N2O2/c1-16-9-4-2-3-8-14-12(15)11-6-5-7-13-10-11/h11,13H,2-10H2,1H3,(H,14,15)/t11-/m0/s1. The maximum atomic E-state index is 11.7. The fourth-order valence-electron chi connectivity index (χ4n) is 1.98. The van der Waals surface area contributed by atoms with Crippen LogP contribution in [0.3, 0.4) is 0 Å². The summed E-state index contributed by atoms with van der Waals surface area (Å²) in [5.41, 5.74) is 0. The van der Waals surface area contributed by atoms with Gasteiger partial charge in [0.15, 0.2) is 0 Å². The van der Waals surface area contributed by atoms with Gasteiger partial charge < -0.3 is 15.4 Å². The zero-order chi connectivity index (χ0) is 11.6. The van der Waals surface area contributed by atoms with E-state index in [0.29, 0.717) is 0 Å². The molecule has 16 heavy (non-hydrogen) atoms. The summed E-state index contributed by atoms with van der Waals surface area (Å²) in [4.78, 5) is 11.7. The summed E-state index contributed by atoms with van der Waals surface area (Å²) in [7, 11) is 1.72. The van der Waals surface area contributed by atoms with Gasteiger partial charge in [0.25, 0.3) is 0 Å². The average Bonchev–Trinajstić information content (AvgIpc) is 2.34. The van der Waals surface area contributed by atoms with E-state index < -0.39 is 0 Å². The summed E-state index contributed by atoms with van der Waals surface area (Å²) in [5.74, 6) is 0.409. The number of ether oxygens (including phenoxy) is 1. The monoisotopic (exact) mass is 228 g/mol. The molecule has 4 nitrogen and oxygen atoms in total. The quantitative estimate of drug-likeness (QED) is 0.637. The molecule has 0 spiro atoms. The first-order valence-corrected chi connectivity index (χ1v) is 6.32. The molecule has 0 saturated carbocycles. The lowest BCUT2D eigenvalue weighted by atomic mass is 9.99. The van der Waals surface area contributed by atoms with Crippen LogP contribution in [0.25, 0.3) is 0 Å². The summed E-state index contributed by atoms with van der Waals surface area (Å²) in [6.45, 7) is 3.52. The number of methoxy groups -OCH3 is 1. The zero-order valence-electron chi connectivity index (χ0n) is 10.3. The molecule has 0 aliphatic carbocycles. The minimum atomic E-state index is 0.188. The van der Waals surface area contributed by atoms with E-state index in [2.05, 4.69) is 10.6 Å². The van der Waals surface area contributed by atoms with Gasteiger partial charge in [-0.15, -0.1) is 0 Å². The van der Waals surface area contributed by atoms with Gasteiger partial charge >= 0.3 is 0 Å². The number of piperidine rings is 1. The molecule has 1 fully saturated rings. The van der Waals surface area contributed by atoms with Gasteiger partial charge in [-0.05, 0) is 38.6 Å². The van der Waals surface area contributed by atoms with Gasteiger partial charge in [-0.25, -0.2) is 0 Å². The van der Waals surface area contributed by atoms with E-state index in [0.717, 1.165) is 58.3 Å². The van der Waals surface area contributed by atoms with Crippen LogP contribution < -0.4 is 10.6 Å². The second-order valence-electron chi connectivity index (χ2n) is 4.39. The molecule has 0 bridgehead atoms. The summed E-state index contributed by atoms with van der Waals surface area (Å²) >= 11 is 0. The molecule has 94 valence electrons.